The standard InChI is InChI=1S/C20H17Cl2N5O3/c1-3-27-13(10-26-11-24-17(9-23)25-26)8-16(28)18(20(29)30-4-2)19(27)12-5-6-14(21)15(22)7-12/h5-8,11H,3-4,10H2,1-2H3. The van der Waals surface area contributed by atoms with Gasteiger partial charge in [0.1, 0.15) is 18.0 Å². The fraction of sp³-hybridized carbons (Fsp3) is 0.250. The first-order valence-corrected chi connectivity index (χ1v) is 9.83. The fourth-order valence-corrected chi connectivity index (χ4v) is 3.42. The van der Waals surface area contributed by atoms with E-state index in [1.54, 1.807) is 29.7 Å². The summed E-state index contributed by atoms with van der Waals surface area (Å²) in [5, 5.41) is 13.6. The van der Waals surface area contributed by atoms with E-state index in [4.69, 9.17) is 33.2 Å². The van der Waals surface area contributed by atoms with E-state index < -0.39 is 11.4 Å². The van der Waals surface area contributed by atoms with Gasteiger partial charge in [-0.05, 0) is 26.0 Å². The van der Waals surface area contributed by atoms with Crippen molar-refractivity contribution in [2.75, 3.05) is 6.61 Å². The second-order valence-corrected chi connectivity index (χ2v) is 7.01. The number of carbonyl (C=O) groups excluding carboxylic acids is 1. The number of esters is 1. The lowest BCUT2D eigenvalue weighted by Crippen LogP contribution is -2.25. The van der Waals surface area contributed by atoms with Gasteiger partial charge in [-0.3, -0.25) is 4.79 Å². The van der Waals surface area contributed by atoms with Gasteiger partial charge in [0.15, 0.2) is 5.43 Å². The van der Waals surface area contributed by atoms with E-state index in [1.807, 2.05) is 13.0 Å². The molecule has 0 N–H and O–H groups in total. The summed E-state index contributed by atoms with van der Waals surface area (Å²) in [4.78, 5) is 29.5. The smallest absolute Gasteiger partial charge is 0.344 e. The molecule has 10 heteroatoms. The maximum Gasteiger partial charge on any atom is 0.344 e. The molecule has 30 heavy (non-hydrogen) atoms. The third-order valence-corrected chi connectivity index (χ3v) is 5.09. The van der Waals surface area contributed by atoms with Crippen LogP contribution in [0.15, 0.2) is 35.4 Å². The van der Waals surface area contributed by atoms with E-state index in [0.29, 0.717) is 33.5 Å². The van der Waals surface area contributed by atoms with Crippen LogP contribution in [-0.4, -0.2) is 31.9 Å². The van der Waals surface area contributed by atoms with Crippen LogP contribution in [0.2, 0.25) is 10.0 Å². The van der Waals surface area contributed by atoms with Gasteiger partial charge >= 0.3 is 5.97 Å². The number of benzene rings is 1. The van der Waals surface area contributed by atoms with Gasteiger partial charge in [0, 0.05) is 23.9 Å². The van der Waals surface area contributed by atoms with E-state index in [1.165, 1.54) is 17.1 Å². The Balaban J connectivity index is 2.27. The third kappa shape index (κ3) is 4.22. The molecule has 154 valence electrons. The predicted octanol–water partition coefficient (Wildman–Crippen LogP) is 3.53. The van der Waals surface area contributed by atoms with Crippen molar-refractivity contribution in [3.8, 4) is 17.3 Å². The van der Waals surface area contributed by atoms with Gasteiger partial charge < -0.3 is 9.30 Å². The third-order valence-electron chi connectivity index (χ3n) is 4.35. The number of aromatic nitrogens is 4. The summed E-state index contributed by atoms with van der Waals surface area (Å²) in [5.74, 6) is -0.696. The summed E-state index contributed by atoms with van der Waals surface area (Å²) < 4.78 is 8.38. The van der Waals surface area contributed by atoms with E-state index in [-0.39, 0.29) is 24.5 Å². The van der Waals surface area contributed by atoms with Crippen molar-refractivity contribution in [3.63, 3.8) is 0 Å². The number of rotatable bonds is 6. The first-order valence-electron chi connectivity index (χ1n) is 9.08. The molecule has 0 saturated carbocycles. The molecule has 0 fully saturated rings. The van der Waals surface area contributed by atoms with Crippen molar-refractivity contribution in [1.29, 1.82) is 5.26 Å². The molecule has 0 atom stereocenters. The van der Waals surface area contributed by atoms with Gasteiger partial charge in [-0.1, -0.05) is 29.3 Å². The van der Waals surface area contributed by atoms with Crippen molar-refractivity contribution in [1.82, 2.24) is 19.3 Å². The Labute approximate surface area is 182 Å². The van der Waals surface area contributed by atoms with Crippen LogP contribution < -0.4 is 5.43 Å². The van der Waals surface area contributed by atoms with Gasteiger partial charge in [0.05, 0.1) is 28.9 Å². The minimum absolute atomic E-state index is 0.0215. The molecular formula is C20H17Cl2N5O3. The topological polar surface area (TPSA) is 103 Å². The molecule has 2 heterocycles. The van der Waals surface area contributed by atoms with E-state index >= 15 is 0 Å². The van der Waals surface area contributed by atoms with Crippen LogP contribution in [0.3, 0.4) is 0 Å². The number of halogens is 2. The highest BCUT2D eigenvalue weighted by Gasteiger charge is 2.24. The molecule has 1 aromatic carbocycles. The molecule has 3 rings (SSSR count). The lowest BCUT2D eigenvalue weighted by Gasteiger charge is -2.20. The highest BCUT2D eigenvalue weighted by Crippen LogP contribution is 2.31. The summed E-state index contributed by atoms with van der Waals surface area (Å²) in [6.45, 7) is 4.29. The maximum atomic E-state index is 13.0. The molecular weight excluding hydrogens is 429 g/mol. The van der Waals surface area contributed by atoms with Crippen LogP contribution in [0.1, 0.15) is 35.7 Å². The molecule has 0 unspecified atom stereocenters. The molecule has 2 aromatic heterocycles. The maximum absolute atomic E-state index is 13.0. The largest absolute Gasteiger partial charge is 0.462 e. The molecule has 0 saturated heterocycles. The summed E-state index contributed by atoms with van der Waals surface area (Å²) in [6, 6.07) is 8.11. The fourth-order valence-electron chi connectivity index (χ4n) is 3.12. The zero-order chi connectivity index (χ0) is 21.8. The Morgan fingerprint density at radius 2 is 2.00 bits per heavy atom. The minimum Gasteiger partial charge on any atom is -0.462 e. The van der Waals surface area contributed by atoms with Crippen LogP contribution in [0.4, 0.5) is 0 Å². The van der Waals surface area contributed by atoms with Crippen molar-refractivity contribution >= 4 is 29.2 Å². The second-order valence-electron chi connectivity index (χ2n) is 6.19. The molecule has 0 radical (unpaired) electrons. The summed E-state index contributed by atoms with van der Waals surface area (Å²) in [5.41, 5.74) is 0.917. The average molecular weight is 446 g/mol. The minimum atomic E-state index is -0.718. The van der Waals surface area contributed by atoms with Gasteiger partial charge in [-0.15, -0.1) is 5.10 Å². The molecule has 0 aliphatic rings. The van der Waals surface area contributed by atoms with E-state index in [2.05, 4.69) is 10.1 Å². The number of pyridine rings is 1. The monoisotopic (exact) mass is 445 g/mol. The van der Waals surface area contributed by atoms with Crippen molar-refractivity contribution in [2.45, 2.75) is 26.9 Å². The van der Waals surface area contributed by atoms with Crippen molar-refractivity contribution in [2.24, 2.45) is 0 Å². The zero-order valence-corrected chi connectivity index (χ0v) is 17.7. The summed E-state index contributed by atoms with van der Waals surface area (Å²) in [6.07, 6.45) is 1.40. The lowest BCUT2D eigenvalue weighted by molar-refractivity contribution is 0.0525. The second kappa shape index (κ2) is 9.11. The van der Waals surface area contributed by atoms with E-state index in [0.717, 1.165) is 0 Å². The normalized spacial score (nSPS) is 10.6. The number of hydrogen-bond donors (Lipinski definition) is 0. The molecule has 0 aliphatic heterocycles. The van der Waals surface area contributed by atoms with E-state index in [9.17, 15) is 9.59 Å². The number of ether oxygens (including phenoxy) is 1. The number of nitriles is 1. The number of nitrogens with zero attached hydrogens (tertiary/aromatic N) is 5. The Bertz CT molecular complexity index is 1210. The first kappa shape index (κ1) is 21.6. The van der Waals surface area contributed by atoms with Gasteiger partial charge in [-0.25, -0.2) is 14.5 Å². The zero-order valence-electron chi connectivity index (χ0n) is 16.2. The molecule has 3 aromatic rings. The summed E-state index contributed by atoms with van der Waals surface area (Å²) >= 11 is 12.2. The van der Waals surface area contributed by atoms with Crippen LogP contribution >= 0.6 is 23.2 Å². The van der Waals surface area contributed by atoms with Crippen LogP contribution in [0.25, 0.3) is 11.3 Å². The summed E-state index contributed by atoms with van der Waals surface area (Å²) in [7, 11) is 0. The van der Waals surface area contributed by atoms with Crippen molar-refractivity contribution in [3.05, 3.63) is 67.9 Å². The van der Waals surface area contributed by atoms with Crippen LogP contribution in [-0.2, 0) is 17.8 Å². The molecule has 0 bridgehead atoms. The first-order chi connectivity index (χ1) is 14.4. The number of hydrogen-bond acceptors (Lipinski definition) is 6. The highest BCUT2D eigenvalue weighted by atomic mass is 35.5. The molecule has 0 spiro atoms. The van der Waals surface area contributed by atoms with Gasteiger partial charge in [0.25, 0.3) is 5.82 Å². The predicted molar refractivity (Wildman–Crippen MR) is 112 cm³/mol. The Hall–Kier alpha value is -3.15. The SMILES string of the molecule is CCOC(=O)c1c(-c2ccc(Cl)c(Cl)c2)n(CC)c(Cn2cnc(C#N)n2)cc1=O. The van der Waals surface area contributed by atoms with Gasteiger partial charge in [0.2, 0.25) is 0 Å². The molecule has 0 amide bonds. The average Bonchev–Trinajstić information content (AvgIpc) is 3.17. The quantitative estimate of drug-likeness (QED) is 0.537. The van der Waals surface area contributed by atoms with Crippen LogP contribution in [0, 0.1) is 11.3 Å². The lowest BCUT2D eigenvalue weighted by atomic mass is 10.0. The molecule has 0 aliphatic carbocycles. The Kier molecular flexibility index (Phi) is 6.55. The highest BCUT2D eigenvalue weighted by molar-refractivity contribution is 6.42. The number of carbonyl (C=O) groups is 1. The van der Waals surface area contributed by atoms with Crippen LogP contribution in [0.5, 0.6) is 0 Å². The molecule has 8 nitrogen and oxygen atoms in total. The Morgan fingerprint density at radius 1 is 1.23 bits per heavy atom. The Morgan fingerprint density at radius 3 is 2.60 bits per heavy atom. The van der Waals surface area contributed by atoms with Crippen molar-refractivity contribution < 1.29 is 9.53 Å². The van der Waals surface area contributed by atoms with Gasteiger partial charge in [-0.2, -0.15) is 5.26 Å².